The third-order valence-electron chi connectivity index (χ3n) is 4.92. The number of benzene rings is 1. The van der Waals surface area contributed by atoms with Gasteiger partial charge in [-0.05, 0) is 37.0 Å². The molecule has 0 bridgehead atoms. The lowest BCUT2D eigenvalue weighted by Gasteiger charge is -2.32. The van der Waals surface area contributed by atoms with Gasteiger partial charge in [0.05, 0.1) is 18.1 Å². The van der Waals surface area contributed by atoms with Crippen molar-refractivity contribution in [2.75, 3.05) is 20.2 Å². The molecule has 1 aliphatic heterocycles. The maximum Gasteiger partial charge on any atom is 0.254 e. The number of aromatic nitrogens is 3. The number of H-pyrrole nitrogens is 1. The van der Waals surface area contributed by atoms with Crippen LogP contribution in [0.2, 0.25) is 0 Å². The number of amides is 1. The van der Waals surface area contributed by atoms with E-state index in [1.807, 2.05) is 29.2 Å². The highest BCUT2D eigenvalue weighted by Gasteiger charge is 2.25. The normalized spacial score (nSPS) is 17.4. The summed E-state index contributed by atoms with van der Waals surface area (Å²) >= 11 is 0. The van der Waals surface area contributed by atoms with E-state index >= 15 is 0 Å². The van der Waals surface area contributed by atoms with Crippen molar-refractivity contribution < 1.29 is 9.53 Å². The van der Waals surface area contributed by atoms with Gasteiger partial charge in [0.1, 0.15) is 5.82 Å². The van der Waals surface area contributed by atoms with Gasteiger partial charge in [-0.15, -0.1) is 0 Å². The molecule has 1 unspecified atom stereocenters. The monoisotopic (exact) mass is 350 g/mol. The molecule has 0 aliphatic carbocycles. The first-order valence-corrected chi connectivity index (χ1v) is 8.96. The summed E-state index contributed by atoms with van der Waals surface area (Å²) < 4.78 is 5.13. The summed E-state index contributed by atoms with van der Waals surface area (Å²) in [6, 6.07) is 11.5. The number of nitrogens with one attached hydrogen (secondary N) is 1. The van der Waals surface area contributed by atoms with E-state index in [1.54, 1.807) is 25.4 Å². The van der Waals surface area contributed by atoms with Gasteiger partial charge in [0, 0.05) is 37.3 Å². The van der Waals surface area contributed by atoms with Crippen molar-refractivity contribution in [1.82, 2.24) is 19.9 Å². The number of piperidine rings is 1. The highest BCUT2D eigenvalue weighted by molar-refractivity contribution is 5.94. The first kappa shape index (κ1) is 16.6. The number of nitrogens with zero attached hydrogens (tertiary/aromatic N) is 3. The fraction of sp³-hybridized carbons (Fsp3) is 0.350. The Bertz CT molecular complexity index is 888. The Hall–Kier alpha value is -2.89. The number of ether oxygens (including phenoxy) is 1. The van der Waals surface area contributed by atoms with Gasteiger partial charge in [-0.2, -0.15) is 0 Å². The second-order valence-corrected chi connectivity index (χ2v) is 6.75. The third kappa shape index (κ3) is 3.40. The smallest absolute Gasteiger partial charge is 0.254 e. The van der Waals surface area contributed by atoms with Crippen molar-refractivity contribution >= 4 is 16.9 Å². The molecule has 26 heavy (non-hydrogen) atoms. The van der Waals surface area contributed by atoms with Gasteiger partial charge in [0.2, 0.25) is 5.88 Å². The van der Waals surface area contributed by atoms with E-state index in [0.717, 1.165) is 49.2 Å². The second-order valence-electron chi connectivity index (χ2n) is 6.75. The molecule has 3 aromatic rings. The van der Waals surface area contributed by atoms with E-state index in [4.69, 9.17) is 4.74 Å². The quantitative estimate of drug-likeness (QED) is 0.785. The molecule has 4 rings (SSSR count). The number of likely N-dealkylation sites (tertiary alicyclic amines) is 1. The molecule has 3 heterocycles. The molecule has 2 aromatic heterocycles. The summed E-state index contributed by atoms with van der Waals surface area (Å²) in [5.74, 6) is 1.92. The predicted molar refractivity (Wildman–Crippen MR) is 99.2 cm³/mol. The zero-order chi connectivity index (χ0) is 17.9. The summed E-state index contributed by atoms with van der Waals surface area (Å²) in [4.78, 5) is 26.9. The lowest BCUT2D eigenvalue weighted by molar-refractivity contribution is 0.0671. The van der Waals surface area contributed by atoms with Crippen LogP contribution < -0.4 is 4.74 Å². The maximum absolute atomic E-state index is 12.8. The van der Waals surface area contributed by atoms with Crippen LogP contribution in [-0.2, 0) is 6.42 Å². The van der Waals surface area contributed by atoms with E-state index in [-0.39, 0.29) is 5.91 Å². The van der Waals surface area contributed by atoms with Gasteiger partial charge in [0.15, 0.2) is 0 Å². The summed E-state index contributed by atoms with van der Waals surface area (Å²) in [6.45, 7) is 1.54. The summed E-state index contributed by atoms with van der Waals surface area (Å²) in [7, 11) is 1.56. The molecule has 1 atom stereocenters. The van der Waals surface area contributed by atoms with Gasteiger partial charge >= 0.3 is 0 Å². The van der Waals surface area contributed by atoms with Crippen LogP contribution in [0.25, 0.3) is 11.0 Å². The molecular weight excluding hydrogens is 328 g/mol. The summed E-state index contributed by atoms with van der Waals surface area (Å²) in [5.41, 5.74) is 2.69. The number of methoxy groups -OCH3 is 1. The molecule has 1 aromatic carbocycles. The molecule has 134 valence electrons. The molecule has 1 amide bonds. The number of fused-ring (bicyclic) bond motifs is 1. The molecule has 0 spiro atoms. The van der Waals surface area contributed by atoms with Crippen molar-refractivity contribution in [3.05, 3.63) is 54.0 Å². The van der Waals surface area contributed by atoms with E-state index in [9.17, 15) is 4.79 Å². The number of aromatic amines is 1. The molecule has 1 aliphatic rings. The second kappa shape index (κ2) is 7.15. The SMILES string of the molecule is COc1cc(C(=O)N2CCCC(Cc3nc4ccccc4[nH]3)C2)ccn1. The van der Waals surface area contributed by atoms with E-state index in [0.29, 0.717) is 17.4 Å². The Morgan fingerprint density at radius 3 is 3.08 bits per heavy atom. The lowest BCUT2D eigenvalue weighted by atomic mass is 9.94. The number of imidazole rings is 1. The third-order valence-corrected chi connectivity index (χ3v) is 4.92. The Balaban J connectivity index is 1.45. The van der Waals surface area contributed by atoms with Gasteiger partial charge in [-0.25, -0.2) is 9.97 Å². The minimum atomic E-state index is 0.0417. The van der Waals surface area contributed by atoms with Crippen LogP contribution >= 0.6 is 0 Å². The van der Waals surface area contributed by atoms with E-state index < -0.39 is 0 Å². The first-order valence-electron chi connectivity index (χ1n) is 8.96. The average molecular weight is 350 g/mol. The maximum atomic E-state index is 12.8. The minimum Gasteiger partial charge on any atom is -0.481 e. The van der Waals surface area contributed by atoms with Gasteiger partial charge < -0.3 is 14.6 Å². The van der Waals surface area contributed by atoms with Crippen molar-refractivity contribution in [2.24, 2.45) is 5.92 Å². The predicted octanol–water partition coefficient (Wildman–Crippen LogP) is 3.06. The number of rotatable bonds is 4. The molecule has 1 N–H and O–H groups in total. The van der Waals surface area contributed by atoms with Gasteiger partial charge in [-0.1, -0.05) is 12.1 Å². The van der Waals surface area contributed by atoms with E-state index in [2.05, 4.69) is 15.0 Å². The van der Waals surface area contributed by atoms with Gasteiger partial charge in [-0.3, -0.25) is 4.79 Å². The van der Waals surface area contributed by atoms with Crippen LogP contribution in [0.4, 0.5) is 0 Å². The number of pyridine rings is 1. The number of hydrogen-bond acceptors (Lipinski definition) is 4. The first-order chi connectivity index (χ1) is 12.7. The van der Waals surface area contributed by atoms with Crippen LogP contribution in [-0.4, -0.2) is 46.0 Å². The van der Waals surface area contributed by atoms with Crippen LogP contribution in [0.1, 0.15) is 29.0 Å². The Labute approximate surface area is 152 Å². The topological polar surface area (TPSA) is 71.1 Å². The number of para-hydroxylation sites is 2. The molecule has 0 radical (unpaired) electrons. The van der Waals surface area contributed by atoms with Crippen LogP contribution in [0.15, 0.2) is 42.6 Å². The Morgan fingerprint density at radius 1 is 1.35 bits per heavy atom. The largest absolute Gasteiger partial charge is 0.481 e. The molecule has 1 fully saturated rings. The van der Waals surface area contributed by atoms with Gasteiger partial charge in [0.25, 0.3) is 5.91 Å². The van der Waals surface area contributed by atoms with E-state index in [1.165, 1.54) is 0 Å². The number of hydrogen-bond donors (Lipinski definition) is 1. The molecule has 1 saturated heterocycles. The number of carbonyl (C=O) groups excluding carboxylic acids is 1. The molecule has 6 nitrogen and oxygen atoms in total. The Kier molecular flexibility index (Phi) is 4.56. The van der Waals surface area contributed by atoms with Crippen molar-refractivity contribution in [3.63, 3.8) is 0 Å². The van der Waals surface area contributed by atoms with Crippen molar-refractivity contribution in [1.29, 1.82) is 0 Å². The zero-order valence-electron chi connectivity index (χ0n) is 14.8. The zero-order valence-corrected chi connectivity index (χ0v) is 14.8. The fourth-order valence-electron chi connectivity index (χ4n) is 3.63. The molecule has 6 heteroatoms. The summed E-state index contributed by atoms with van der Waals surface area (Å²) in [6.07, 6.45) is 4.60. The van der Waals surface area contributed by atoms with Crippen LogP contribution in [0.5, 0.6) is 5.88 Å². The average Bonchev–Trinajstić information content (AvgIpc) is 3.10. The summed E-state index contributed by atoms with van der Waals surface area (Å²) in [5, 5.41) is 0. The molecule has 0 saturated carbocycles. The lowest BCUT2D eigenvalue weighted by Crippen LogP contribution is -2.40. The van der Waals surface area contributed by atoms with Crippen LogP contribution in [0, 0.1) is 5.92 Å². The highest BCUT2D eigenvalue weighted by Crippen LogP contribution is 2.23. The highest BCUT2D eigenvalue weighted by atomic mass is 16.5. The Morgan fingerprint density at radius 2 is 2.23 bits per heavy atom. The minimum absolute atomic E-state index is 0.0417. The van der Waals surface area contributed by atoms with Crippen molar-refractivity contribution in [2.45, 2.75) is 19.3 Å². The van der Waals surface area contributed by atoms with Crippen molar-refractivity contribution in [3.8, 4) is 5.88 Å². The molecular formula is C20H22N4O2. The number of carbonyl (C=O) groups is 1. The fourth-order valence-corrected chi connectivity index (χ4v) is 3.63. The standard InChI is InChI=1S/C20H22N4O2/c1-26-19-12-15(8-9-21-19)20(25)24-10-4-5-14(13-24)11-18-22-16-6-2-3-7-17(16)23-18/h2-3,6-9,12,14H,4-5,10-11,13H2,1H3,(H,22,23). The van der Waals surface area contributed by atoms with Crippen LogP contribution in [0.3, 0.4) is 0 Å².